The first kappa shape index (κ1) is 18.5. The van der Waals surface area contributed by atoms with Crippen LogP contribution >= 0.6 is 34.0 Å². The lowest BCUT2D eigenvalue weighted by Gasteiger charge is -2.04. The molecule has 132 valence electrons. The van der Waals surface area contributed by atoms with Crippen LogP contribution in [-0.2, 0) is 0 Å². The minimum atomic E-state index is -0.618. The summed E-state index contributed by atoms with van der Waals surface area (Å²) in [6.45, 7) is 3.01. The Balaban J connectivity index is 1.65. The fourth-order valence-corrected chi connectivity index (χ4v) is 5.33. The highest BCUT2D eigenvalue weighted by Gasteiger charge is 2.18. The third-order valence-corrected chi connectivity index (χ3v) is 7.03. The maximum Gasteiger partial charge on any atom is 0.359 e. The van der Waals surface area contributed by atoms with E-state index in [0.29, 0.717) is 0 Å². The molecule has 0 spiro atoms. The van der Waals surface area contributed by atoms with Crippen molar-refractivity contribution in [3.05, 3.63) is 73.7 Å². The van der Waals surface area contributed by atoms with Crippen LogP contribution in [0.15, 0.2) is 63.9 Å². The van der Waals surface area contributed by atoms with Gasteiger partial charge in [-0.3, -0.25) is 0 Å². The SMILES string of the molecule is C=c1/c(=C\C=C\B(O)c2ccsc2)sc2ccc(B(O)c3ccsc3)cc12. The highest BCUT2D eigenvalue weighted by Crippen LogP contribution is 2.11. The van der Waals surface area contributed by atoms with Gasteiger partial charge < -0.3 is 10.0 Å². The molecule has 0 saturated heterocycles. The summed E-state index contributed by atoms with van der Waals surface area (Å²) >= 11 is 4.82. The number of allylic oxidation sites excluding steroid dienone is 1. The Kier molecular flexibility index (Phi) is 5.48. The van der Waals surface area contributed by atoms with Crippen LogP contribution in [0.1, 0.15) is 0 Å². The fourth-order valence-electron chi connectivity index (χ4n) is 2.92. The maximum atomic E-state index is 10.6. The van der Waals surface area contributed by atoms with Crippen molar-refractivity contribution >= 4 is 87.0 Å². The molecule has 4 aromatic rings. The summed E-state index contributed by atoms with van der Waals surface area (Å²) in [6.07, 6.45) is 3.86. The second-order valence-corrected chi connectivity index (χ2v) is 8.86. The van der Waals surface area contributed by atoms with Crippen LogP contribution in [0.3, 0.4) is 0 Å². The predicted molar refractivity (Wildman–Crippen MR) is 124 cm³/mol. The normalized spacial score (nSPS) is 12.3. The van der Waals surface area contributed by atoms with E-state index in [9.17, 15) is 10.0 Å². The molecule has 0 aliphatic heterocycles. The van der Waals surface area contributed by atoms with Crippen molar-refractivity contribution in [1.29, 1.82) is 0 Å². The molecule has 0 bridgehead atoms. The molecule has 0 aliphatic carbocycles. The van der Waals surface area contributed by atoms with E-state index in [4.69, 9.17) is 0 Å². The minimum Gasteiger partial charge on any atom is -0.443 e. The smallest absolute Gasteiger partial charge is 0.359 e. The van der Waals surface area contributed by atoms with Crippen molar-refractivity contribution in [3.8, 4) is 0 Å². The first-order valence-electron chi connectivity index (χ1n) is 8.44. The minimum absolute atomic E-state index is 0.595. The molecule has 2 nitrogen and oxygen atoms in total. The lowest BCUT2D eigenvalue weighted by Crippen LogP contribution is -2.41. The molecule has 2 N–H and O–H groups in total. The third kappa shape index (κ3) is 3.88. The lowest BCUT2D eigenvalue weighted by molar-refractivity contribution is 0.599. The Labute approximate surface area is 170 Å². The first-order chi connectivity index (χ1) is 13.1. The molecule has 3 heterocycles. The van der Waals surface area contributed by atoms with Crippen molar-refractivity contribution in [1.82, 2.24) is 0 Å². The molecule has 3 aromatic heterocycles. The van der Waals surface area contributed by atoms with Crippen LogP contribution in [0.2, 0.25) is 0 Å². The maximum absolute atomic E-state index is 10.6. The van der Waals surface area contributed by atoms with E-state index in [1.165, 1.54) is 0 Å². The molecule has 0 saturated carbocycles. The van der Waals surface area contributed by atoms with Gasteiger partial charge in [0.2, 0.25) is 0 Å². The summed E-state index contributed by atoms with van der Waals surface area (Å²) < 4.78 is 2.19. The summed E-state index contributed by atoms with van der Waals surface area (Å²) in [4.78, 5) is 0. The van der Waals surface area contributed by atoms with Crippen molar-refractivity contribution in [2.45, 2.75) is 0 Å². The molecular weight excluding hydrogens is 390 g/mol. The average molecular weight is 406 g/mol. The third-order valence-electron chi connectivity index (χ3n) is 4.45. The Hall–Kier alpha value is -1.89. The number of fused-ring (bicyclic) bond motifs is 1. The van der Waals surface area contributed by atoms with Gasteiger partial charge >= 0.3 is 13.8 Å². The highest BCUT2D eigenvalue weighted by atomic mass is 32.1. The monoisotopic (exact) mass is 406 g/mol. The van der Waals surface area contributed by atoms with Gasteiger partial charge in [-0.05, 0) is 60.7 Å². The van der Waals surface area contributed by atoms with Gasteiger partial charge in [0.25, 0.3) is 0 Å². The molecule has 0 amide bonds. The van der Waals surface area contributed by atoms with Crippen molar-refractivity contribution in [2.75, 3.05) is 0 Å². The first-order valence-corrected chi connectivity index (χ1v) is 11.1. The van der Waals surface area contributed by atoms with Gasteiger partial charge in [-0.1, -0.05) is 42.9 Å². The van der Waals surface area contributed by atoms with Gasteiger partial charge in [0, 0.05) is 9.23 Å². The summed E-state index contributed by atoms with van der Waals surface area (Å²) in [5.41, 5.74) is 2.69. The van der Waals surface area contributed by atoms with E-state index in [-0.39, 0.29) is 0 Å². The van der Waals surface area contributed by atoms with Crippen LogP contribution in [0, 0.1) is 0 Å². The van der Waals surface area contributed by atoms with E-state index < -0.39 is 13.8 Å². The summed E-state index contributed by atoms with van der Waals surface area (Å²) in [5.74, 6) is 1.78. The topological polar surface area (TPSA) is 40.5 Å². The van der Waals surface area contributed by atoms with E-state index in [2.05, 4.69) is 6.58 Å². The molecule has 0 aliphatic rings. The largest absolute Gasteiger partial charge is 0.443 e. The van der Waals surface area contributed by atoms with Crippen LogP contribution in [0.25, 0.3) is 22.7 Å². The number of rotatable bonds is 5. The molecule has 7 heteroatoms. The quantitative estimate of drug-likeness (QED) is 0.491. The zero-order valence-corrected chi connectivity index (χ0v) is 16.9. The van der Waals surface area contributed by atoms with Crippen LogP contribution in [0.5, 0.6) is 0 Å². The second kappa shape index (κ2) is 8.00. The number of benzene rings is 1. The molecule has 0 fully saturated rings. The Morgan fingerprint density at radius 3 is 2.37 bits per heavy atom. The number of hydrogen-bond acceptors (Lipinski definition) is 5. The Bertz CT molecular complexity index is 1180. The Morgan fingerprint density at radius 2 is 1.67 bits per heavy atom. The van der Waals surface area contributed by atoms with Gasteiger partial charge in [0.05, 0.1) is 0 Å². The van der Waals surface area contributed by atoms with Gasteiger partial charge in [-0.2, -0.15) is 22.7 Å². The Morgan fingerprint density at radius 1 is 0.926 bits per heavy atom. The molecule has 1 aromatic carbocycles. The van der Waals surface area contributed by atoms with Crippen LogP contribution < -0.4 is 26.1 Å². The van der Waals surface area contributed by atoms with E-state index in [1.54, 1.807) is 40.0 Å². The summed E-state index contributed by atoms with van der Waals surface area (Å²) in [7, 11) is 0. The lowest BCUT2D eigenvalue weighted by atomic mass is 9.57. The molecule has 0 radical (unpaired) electrons. The summed E-state index contributed by atoms with van der Waals surface area (Å²) in [6, 6.07) is 9.91. The fraction of sp³-hybridized carbons (Fsp3) is 0. The predicted octanol–water partition coefficient (Wildman–Crippen LogP) is 1.30. The van der Waals surface area contributed by atoms with Crippen molar-refractivity contribution in [2.24, 2.45) is 0 Å². The number of hydrogen-bond donors (Lipinski definition) is 2. The van der Waals surface area contributed by atoms with E-state index >= 15 is 0 Å². The molecule has 0 unspecified atom stereocenters. The molecule has 27 heavy (non-hydrogen) atoms. The zero-order valence-electron chi connectivity index (χ0n) is 14.4. The average Bonchev–Trinajstić information content (AvgIpc) is 3.43. The van der Waals surface area contributed by atoms with Gasteiger partial charge in [0.15, 0.2) is 0 Å². The molecular formula is C20H16B2O2S3. The summed E-state index contributed by atoms with van der Waals surface area (Å²) in [5, 5.41) is 30.6. The van der Waals surface area contributed by atoms with Crippen LogP contribution in [-0.4, -0.2) is 23.9 Å². The molecule has 4 rings (SSSR count). The zero-order chi connectivity index (χ0) is 18.8. The molecule has 0 atom stereocenters. The number of thiophene rings is 3. The van der Waals surface area contributed by atoms with Crippen molar-refractivity contribution in [3.63, 3.8) is 0 Å². The standard InChI is InChI=1S/C20H16B2O2S3/c1-14-18-11-15(22(24)17-7-10-26-13-17)4-5-20(18)27-19(14)3-2-8-21(23)16-6-9-25-12-16/h2-13,23-24H,1H2/b8-2+,19-3+. The van der Waals surface area contributed by atoms with Gasteiger partial charge in [-0.25, -0.2) is 0 Å². The van der Waals surface area contributed by atoms with Crippen molar-refractivity contribution < 1.29 is 10.0 Å². The van der Waals surface area contributed by atoms with E-state index in [1.807, 2.05) is 64.0 Å². The second-order valence-electron chi connectivity index (χ2n) is 6.21. The van der Waals surface area contributed by atoms with Gasteiger partial charge in [-0.15, -0.1) is 11.3 Å². The van der Waals surface area contributed by atoms with Crippen LogP contribution in [0.4, 0.5) is 0 Å². The van der Waals surface area contributed by atoms with Gasteiger partial charge in [0.1, 0.15) is 0 Å². The van der Waals surface area contributed by atoms with E-state index in [0.717, 1.165) is 36.2 Å². The highest BCUT2D eigenvalue weighted by molar-refractivity contribution is 7.17.